The molecule has 0 aromatic rings. The largest absolute Gasteiger partial charge is 0.457 e. The molecular weight excluding hydrogens is 169 g/mol. The van der Waals surface area contributed by atoms with Gasteiger partial charge in [-0.2, -0.15) is 13.2 Å². The second kappa shape index (κ2) is 3.36. The lowest BCUT2D eigenvalue weighted by Gasteiger charge is -2.20. The number of aliphatic hydroxyl groups is 1. The van der Waals surface area contributed by atoms with Crippen LogP contribution >= 0.6 is 0 Å². The molecule has 0 aliphatic carbocycles. The van der Waals surface area contributed by atoms with Crippen LogP contribution in [-0.4, -0.2) is 16.9 Å². The average molecular weight is 180 g/mol. The van der Waals surface area contributed by atoms with Gasteiger partial charge in [-0.25, -0.2) is 0 Å². The van der Waals surface area contributed by atoms with E-state index >= 15 is 0 Å². The van der Waals surface area contributed by atoms with Gasteiger partial charge in [0.2, 0.25) is 0 Å². The summed E-state index contributed by atoms with van der Waals surface area (Å²) in [5, 5.41) is 9.28. The van der Waals surface area contributed by atoms with Crippen molar-refractivity contribution in [2.24, 2.45) is 5.92 Å². The highest BCUT2D eigenvalue weighted by Crippen LogP contribution is 2.17. The van der Waals surface area contributed by atoms with Crippen LogP contribution in [0.4, 0.5) is 13.2 Å². The Bertz CT molecular complexity index is 205. The van der Waals surface area contributed by atoms with Gasteiger partial charge in [-0.3, -0.25) is 0 Å². The highest BCUT2D eigenvalue weighted by molar-refractivity contribution is 5.16. The van der Waals surface area contributed by atoms with Crippen molar-refractivity contribution in [2.75, 3.05) is 0 Å². The van der Waals surface area contributed by atoms with Crippen LogP contribution in [0.15, 0.2) is 0 Å². The maximum atomic E-state index is 11.6. The first kappa shape index (κ1) is 11.3. The van der Waals surface area contributed by atoms with E-state index in [9.17, 15) is 18.3 Å². The van der Waals surface area contributed by atoms with Crippen molar-refractivity contribution >= 4 is 0 Å². The van der Waals surface area contributed by atoms with E-state index in [1.54, 1.807) is 19.8 Å². The summed E-state index contributed by atoms with van der Waals surface area (Å²) >= 11 is 0. The van der Waals surface area contributed by atoms with Crippen molar-refractivity contribution in [1.29, 1.82) is 0 Å². The molecule has 1 unspecified atom stereocenters. The fourth-order valence-corrected chi connectivity index (χ4v) is 0.342. The fraction of sp³-hybridized carbons (Fsp3) is 0.750. The molecule has 0 bridgehead atoms. The summed E-state index contributed by atoms with van der Waals surface area (Å²) in [6.07, 6.45) is -4.53. The molecule has 0 spiro atoms. The van der Waals surface area contributed by atoms with Crippen molar-refractivity contribution in [2.45, 2.75) is 32.5 Å². The Labute approximate surface area is 69.6 Å². The van der Waals surface area contributed by atoms with Gasteiger partial charge in [-0.05, 0) is 12.8 Å². The van der Waals surface area contributed by atoms with Gasteiger partial charge >= 0.3 is 6.18 Å². The van der Waals surface area contributed by atoms with E-state index in [1.165, 1.54) is 6.92 Å². The normalized spacial score (nSPS) is 16.7. The first-order valence-electron chi connectivity index (χ1n) is 3.48. The highest BCUT2D eigenvalue weighted by atomic mass is 19.4. The first-order chi connectivity index (χ1) is 5.15. The van der Waals surface area contributed by atoms with Gasteiger partial charge in [-0.15, -0.1) is 0 Å². The standard InChI is InChI=1S/C8H11F3O/c1-6(2)7(3,12)4-5-8(9,10)11/h6,12H,1-3H3. The van der Waals surface area contributed by atoms with Gasteiger partial charge in [0.1, 0.15) is 5.60 Å². The predicted octanol–water partition coefficient (Wildman–Crippen LogP) is 1.96. The van der Waals surface area contributed by atoms with Crippen LogP contribution in [-0.2, 0) is 0 Å². The summed E-state index contributed by atoms with van der Waals surface area (Å²) in [7, 11) is 0. The number of halogens is 3. The van der Waals surface area contributed by atoms with Crippen molar-refractivity contribution in [3.8, 4) is 11.8 Å². The maximum Gasteiger partial charge on any atom is 0.457 e. The maximum absolute atomic E-state index is 11.6. The van der Waals surface area contributed by atoms with Gasteiger partial charge in [-0.1, -0.05) is 19.8 Å². The first-order valence-corrected chi connectivity index (χ1v) is 3.48. The molecule has 12 heavy (non-hydrogen) atoms. The molecule has 0 amide bonds. The third-order valence-electron chi connectivity index (χ3n) is 1.58. The Balaban J connectivity index is 4.50. The van der Waals surface area contributed by atoms with Gasteiger partial charge in [0, 0.05) is 5.92 Å². The lowest BCUT2D eigenvalue weighted by atomic mass is 9.93. The molecule has 0 saturated heterocycles. The fourth-order valence-electron chi connectivity index (χ4n) is 0.342. The molecule has 0 fully saturated rings. The summed E-state index contributed by atoms with van der Waals surface area (Å²) in [4.78, 5) is 0. The van der Waals surface area contributed by atoms with E-state index in [0.717, 1.165) is 5.92 Å². The zero-order valence-corrected chi connectivity index (χ0v) is 7.16. The van der Waals surface area contributed by atoms with Crippen molar-refractivity contribution in [3.63, 3.8) is 0 Å². The van der Waals surface area contributed by atoms with Crippen molar-refractivity contribution in [3.05, 3.63) is 0 Å². The molecule has 70 valence electrons. The van der Waals surface area contributed by atoms with Gasteiger partial charge in [0.25, 0.3) is 0 Å². The summed E-state index contributed by atoms with van der Waals surface area (Å²) in [6, 6.07) is 0. The van der Waals surface area contributed by atoms with Crippen LogP contribution in [0, 0.1) is 17.8 Å². The average Bonchev–Trinajstić information content (AvgIpc) is 1.82. The van der Waals surface area contributed by atoms with E-state index in [4.69, 9.17) is 0 Å². The number of rotatable bonds is 1. The van der Waals surface area contributed by atoms with Gasteiger partial charge in [0.05, 0.1) is 0 Å². The number of hydrogen-bond acceptors (Lipinski definition) is 1. The molecule has 0 heterocycles. The van der Waals surface area contributed by atoms with Crippen molar-refractivity contribution in [1.82, 2.24) is 0 Å². The SMILES string of the molecule is CC(C)C(C)(O)C#CC(F)(F)F. The molecule has 0 aliphatic heterocycles. The minimum absolute atomic E-state index is 0.327. The zero-order valence-electron chi connectivity index (χ0n) is 7.16. The summed E-state index contributed by atoms with van der Waals surface area (Å²) in [6.45, 7) is 4.46. The Morgan fingerprint density at radius 1 is 1.17 bits per heavy atom. The Hall–Kier alpha value is -0.690. The highest BCUT2D eigenvalue weighted by Gasteiger charge is 2.27. The third-order valence-corrected chi connectivity index (χ3v) is 1.58. The van der Waals surface area contributed by atoms with Crippen LogP contribution in [0.2, 0.25) is 0 Å². The van der Waals surface area contributed by atoms with Crippen LogP contribution < -0.4 is 0 Å². The van der Waals surface area contributed by atoms with Crippen LogP contribution in [0.5, 0.6) is 0 Å². The van der Waals surface area contributed by atoms with E-state index in [1.807, 2.05) is 0 Å². The Morgan fingerprint density at radius 2 is 1.58 bits per heavy atom. The molecule has 0 aliphatic rings. The molecule has 1 nitrogen and oxygen atoms in total. The minimum Gasteiger partial charge on any atom is -0.378 e. The predicted molar refractivity (Wildman–Crippen MR) is 39.3 cm³/mol. The molecule has 0 radical (unpaired) electrons. The molecule has 1 N–H and O–H groups in total. The lowest BCUT2D eigenvalue weighted by Crippen LogP contribution is -2.29. The molecule has 4 heteroatoms. The molecule has 0 rings (SSSR count). The minimum atomic E-state index is -4.53. The second-order valence-corrected chi connectivity index (χ2v) is 3.05. The Morgan fingerprint density at radius 3 is 1.83 bits per heavy atom. The monoisotopic (exact) mass is 180 g/mol. The lowest BCUT2D eigenvalue weighted by molar-refractivity contribution is -0.0705. The van der Waals surface area contributed by atoms with Gasteiger partial charge < -0.3 is 5.11 Å². The quantitative estimate of drug-likeness (QED) is 0.611. The second-order valence-electron chi connectivity index (χ2n) is 3.05. The molecular formula is C8H11F3O. The van der Waals surface area contributed by atoms with E-state index in [-0.39, 0.29) is 5.92 Å². The number of hydrogen-bond donors (Lipinski definition) is 1. The van der Waals surface area contributed by atoms with E-state index < -0.39 is 11.8 Å². The van der Waals surface area contributed by atoms with E-state index in [2.05, 4.69) is 0 Å². The molecule has 1 atom stereocenters. The van der Waals surface area contributed by atoms with Crippen LogP contribution in [0.3, 0.4) is 0 Å². The Kier molecular flexibility index (Phi) is 3.17. The smallest absolute Gasteiger partial charge is 0.378 e. The topological polar surface area (TPSA) is 20.2 Å². The van der Waals surface area contributed by atoms with Crippen LogP contribution in [0.1, 0.15) is 20.8 Å². The zero-order chi connectivity index (χ0) is 9.99. The van der Waals surface area contributed by atoms with Gasteiger partial charge in [0.15, 0.2) is 0 Å². The molecule has 0 aromatic heterocycles. The van der Waals surface area contributed by atoms with Crippen LogP contribution in [0.25, 0.3) is 0 Å². The summed E-state index contributed by atoms with van der Waals surface area (Å²) in [5.41, 5.74) is -1.57. The number of alkyl halides is 3. The van der Waals surface area contributed by atoms with E-state index in [0.29, 0.717) is 0 Å². The molecule has 0 aromatic carbocycles. The third kappa shape index (κ3) is 4.24. The summed E-state index contributed by atoms with van der Waals surface area (Å²) in [5.74, 6) is 2.50. The van der Waals surface area contributed by atoms with Crippen molar-refractivity contribution < 1.29 is 18.3 Å². The summed E-state index contributed by atoms with van der Waals surface area (Å²) < 4.78 is 34.7. The molecule has 0 saturated carbocycles.